The summed E-state index contributed by atoms with van der Waals surface area (Å²) in [6.07, 6.45) is -0.659. The number of carbonyl (C=O) groups excluding carboxylic acids is 1. The van der Waals surface area contributed by atoms with E-state index in [2.05, 4.69) is 15.3 Å². The molecule has 8 heteroatoms. The first-order chi connectivity index (χ1) is 13.4. The topological polar surface area (TPSA) is 58.1 Å². The maximum absolute atomic E-state index is 13.0. The third kappa shape index (κ3) is 3.53. The van der Waals surface area contributed by atoms with Gasteiger partial charge in [-0.2, -0.15) is 13.2 Å². The second-order valence-electron chi connectivity index (χ2n) is 6.33. The number of halogens is 3. The van der Waals surface area contributed by atoms with E-state index >= 15 is 0 Å². The van der Waals surface area contributed by atoms with Crippen LogP contribution in [-0.4, -0.2) is 22.5 Å². The summed E-state index contributed by atoms with van der Waals surface area (Å²) in [5, 5.41) is 2.77. The van der Waals surface area contributed by atoms with Gasteiger partial charge in [0.25, 0.3) is 0 Å². The molecule has 0 fully saturated rings. The van der Waals surface area contributed by atoms with E-state index < -0.39 is 11.7 Å². The average molecular weight is 384 g/mol. The lowest BCUT2D eigenvalue weighted by Gasteiger charge is -2.18. The summed E-state index contributed by atoms with van der Waals surface area (Å²) in [4.78, 5) is 22.5. The molecule has 5 nitrogen and oxygen atoms in total. The van der Waals surface area contributed by atoms with Crippen molar-refractivity contribution in [2.24, 2.45) is 0 Å². The first-order valence-corrected chi connectivity index (χ1v) is 8.58. The summed E-state index contributed by atoms with van der Waals surface area (Å²) in [6.45, 7) is 0.450. The molecule has 0 saturated heterocycles. The highest BCUT2D eigenvalue weighted by Gasteiger charge is 2.31. The van der Waals surface area contributed by atoms with Gasteiger partial charge in [-0.25, -0.2) is 9.78 Å². The highest BCUT2D eigenvalue weighted by Crippen LogP contribution is 2.34. The predicted molar refractivity (Wildman–Crippen MR) is 99.0 cm³/mol. The van der Waals surface area contributed by atoms with E-state index in [-0.39, 0.29) is 6.03 Å². The summed E-state index contributed by atoms with van der Waals surface area (Å²) >= 11 is 0. The quantitative estimate of drug-likeness (QED) is 0.693. The third-order valence-electron chi connectivity index (χ3n) is 4.48. The predicted octanol–water partition coefficient (Wildman–Crippen LogP) is 4.76. The van der Waals surface area contributed by atoms with E-state index in [1.165, 1.54) is 11.0 Å². The molecular weight excluding hydrogens is 369 g/mol. The van der Waals surface area contributed by atoms with E-state index in [0.29, 0.717) is 35.7 Å². The molecular formula is C20H15F3N4O. The lowest BCUT2D eigenvalue weighted by molar-refractivity contribution is -0.137. The number of nitrogens with zero attached hydrogens (tertiary/aromatic N) is 3. The maximum atomic E-state index is 13.0. The van der Waals surface area contributed by atoms with Crippen LogP contribution in [0.5, 0.6) is 0 Å². The minimum Gasteiger partial charge on any atom is -0.307 e. The number of anilines is 2. The molecule has 4 rings (SSSR count). The van der Waals surface area contributed by atoms with Crippen LogP contribution in [0.15, 0.2) is 60.9 Å². The molecule has 2 aromatic heterocycles. The smallest absolute Gasteiger partial charge is 0.307 e. The van der Waals surface area contributed by atoms with Crippen LogP contribution in [0.1, 0.15) is 11.1 Å². The molecule has 0 unspecified atom stereocenters. The number of alkyl halides is 3. The molecule has 3 aromatic rings. The molecule has 1 aliphatic heterocycles. The van der Waals surface area contributed by atoms with Crippen LogP contribution in [0.25, 0.3) is 11.3 Å². The number of pyridine rings is 2. The van der Waals surface area contributed by atoms with Crippen molar-refractivity contribution >= 4 is 17.5 Å². The van der Waals surface area contributed by atoms with Crippen molar-refractivity contribution in [1.82, 2.24) is 9.97 Å². The fourth-order valence-electron chi connectivity index (χ4n) is 3.08. The van der Waals surface area contributed by atoms with E-state index in [1.807, 2.05) is 0 Å². The van der Waals surface area contributed by atoms with Crippen LogP contribution in [0.4, 0.5) is 29.5 Å². The Morgan fingerprint density at radius 2 is 1.86 bits per heavy atom. The fraction of sp³-hybridized carbons (Fsp3) is 0.150. The molecule has 1 aliphatic rings. The van der Waals surface area contributed by atoms with Crippen molar-refractivity contribution in [3.63, 3.8) is 0 Å². The molecule has 0 atom stereocenters. The van der Waals surface area contributed by atoms with Crippen molar-refractivity contribution in [2.45, 2.75) is 12.6 Å². The molecule has 0 radical (unpaired) electrons. The zero-order valence-electron chi connectivity index (χ0n) is 14.6. The molecule has 0 bridgehead atoms. The number of hydrogen-bond acceptors (Lipinski definition) is 3. The number of benzene rings is 1. The molecule has 3 heterocycles. The van der Waals surface area contributed by atoms with Crippen molar-refractivity contribution in [1.29, 1.82) is 0 Å². The SMILES string of the molecule is O=C(Nc1ccncc1)N1CCc2ccc(-c3cccc(C(F)(F)F)c3)nc21. The van der Waals surface area contributed by atoms with Gasteiger partial charge in [0.05, 0.1) is 11.3 Å². The minimum atomic E-state index is -4.43. The zero-order valence-corrected chi connectivity index (χ0v) is 14.6. The Labute approximate surface area is 158 Å². The van der Waals surface area contributed by atoms with E-state index in [1.54, 1.807) is 42.7 Å². The van der Waals surface area contributed by atoms with Gasteiger partial charge < -0.3 is 5.32 Å². The van der Waals surface area contributed by atoms with Crippen molar-refractivity contribution in [2.75, 3.05) is 16.8 Å². The van der Waals surface area contributed by atoms with Crippen LogP contribution < -0.4 is 10.2 Å². The van der Waals surface area contributed by atoms with Gasteiger partial charge in [-0.3, -0.25) is 9.88 Å². The number of urea groups is 1. The standard InChI is InChI=1S/C20H15F3N4O/c21-20(22,23)15-3-1-2-14(12-15)17-5-4-13-8-11-27(18(13)26-17)19(28)25-16-6-9-24-10-7-16/h1-7,9-10,12H,8,11H2,(H,24,25,28). The van der Waals surface area contributed by atoms with Gasteiger partial charge >= 0.3 is 12.2 Å². The summed E-state index contributed by atoms with van der Waals surface area (Å²) in [7, 11) is 0. The van der Waals surface area contributed by atoms with Crippen molar-refractivity contribution in [3.8, 4) is 11.3 Å². The van der Waals surface area contributed by atoms with E-state index in [0.717, 1.165) is 17.7 Å². The molecule has 1 N–H and O–H groups in total. The van der Waals surface area contributed by atoms with Gasteiger partial charge in [-0.05, 0) is 42.3 Å². The lowest BCUT2D eigenvalue weighted by atomic mass is 10.1. The van der Waals surface area contributed by atoms with Crippen LogP contribution >= 0.6 is 0 Å². The lowest BCUT2D eigenvalue weighted by Crippen LogP contribution is -2.33. The number of carbonyl (C=O) groups is 1. The Kier molecular flexibility index (Phi) is 4.46. The zero-order chi connectivity index (χ0) is 19.7. The van der Waals surface area contributed by atoms with Gasteiger partial charge in [-0.1, -0.05) is 18.2 Å². The monoisotopic (exact) mass is 384 g/mol. The summed E-state index contributed by atoms with van der Waals surface area (Å²) in [6, 6.07) is 11.5. The Hall–Kier alpha value is -3.42. The Bertz CT molecular complexity index is 1020. The highest BCUT2D eigenvalue weighted by atomic mass is 19.4. The molecule has 28 heavy (non-hydrogen) atoms. The third-order valence-corrected chi connectivity index (χ3v) is 4.48. The second kappa shape index (κ2) is 6.95. The fourth-order valence-corrected chi connectivity index (χ4v) is 3.08. The number of fused-ring (bicyclic) bond motifs is 1. The highest BCUT2D eigenvalue weighted by molar-refractivity contribution is 6.02. The van der Waals surface area contributed by atoms with E-state index in [9.17, 15) is 18.0 Å². The van der Waals surface area contributed by atoms with Gasteiger partial charge in [0, 0.05) is 30.2 Å². The molecule has 1 aromatic carbocycles. The minimum absolute atomic E-state index is 0.346. The van der Waals surface area contributed by atoms with Gasteiger partial charge in [0.1, 0.15) is 5.82 Å². The summed E-state index contributed by atoms with van der Waals surface area (Å²) in [5.41, 5.74) is 1.47. The Morgan fingerprint density at radius 3 is 2.61 bits per heavy atom. The van der Waals surface area contributed by atoms with Gasteiger partial charge in [-0.15, -0.1) is 0 Å². The first-order valence-electron chi connectivity index (χ1n) is 8.58. The normalized spacial score (nSPS) is 13.3. The maximum Gasteiger partial charge on any atom is 0.416 e. The number of amides is 2. The second-order valence-corrected chi connectivity index (χ2v) is 6.33. The van der Waals surface area contributed by atoms with Crippen LogP contribution in [0.3, 0.4) is 0 Å². The van der Waals surface area contributed by atoms with E-state index in [4.69, 9.17) is 0 Å². The van der Waals surface area contributed by atoms with Crippen LogP contribution in [0, 0.1) is 0 Å². The molecule has 0 aliphatic carbocycles. The van der Waals surface area contributed by atoms with Crippen molar-refractivity contribution < 1.29 is 18.0 Å². The molecule has 142 valence electrons. The summed E-state index contributed by atoms with van der Waals surface area (Å²) in [5.74, 6) is 0.460. The Balaban J connectivity index is 1.63. The first kappa shape index (κ1) is 18.0. The van der Waals surface area contributed by atoms with Crippen LogP contribution in [-0.2, 0) is 12.6 Å². The molecule has 2 amide bonds. The summed E-state index contributed by atoms with van der Waals surface area (Å²) < 4.78 is 39.0. The van der Waals surface area contributed by atoms with Crippen molar-refractivity contribution in [3.05, 3.63) is 72.1 Å². The largest absolute Gasteiger partial charge is 0.416 e. The number of hydrogen-bond donors (Lipinski definition) is 1. The number of rotatable bonds is 2. The van der Waals surface area contributed by atoms with Gasteiger partial charge in [0.2, 0.25) is 0 Å². The number of nitrogens with one attached hydrogen (secondary N) is 1. The average Bonchev–Trinajstić information content (AvgIpc) is 3.11. The molecule has 0 spiro atoms. The Morgan fingerprint density at radius 1 is 1.07 bits per heavy atom. The number of aromatic nitrogens is 2. The molecule has 0 saturated carbocycles. The van der Waals surface area contributed by atoms with Gasteiger partial charge in [0.15, 0.2) is 0 Å². The van der Waals surface area contributed by atoms with Crippen LogP contribution in [0.2, 0.25) is 0 Å².